The van der Waals surface area contributed by atoms with Gasteiger partial charge in [0.1, 0.15) is 5.82 Å². The number of rotatable bonds is 3. The number of thiophene rings is 1. The van der Waals surface area contributed by atoms with Gasteiger partial charge >= 0.3 is 0 Å². The summed E-state index contributed by atoms with van der Waals surface area (Å²) in [5, 5.41) is 11.8. The van der Waals surface area contributed by atoms with Crippen LogP contribution in [0, 0.1) is 6.92 Å². The van der Waals surface area contributed by atoms with E-state index >= 15 is 0 Å². The molecule has 3 N–H and O–H groups in total. The number of fused-ring (bicyclic) bond motifs is 6. The zero-order valence-electron chi connectivity index (χ0n) is 17.7. The first-order valence-electron chi connectivity index (χ1n) is 10.5. The van der Waals surface area contributed by atoms with Crippen LogP contribution in [0.3, 0.4) is 0 Å². The van der Waals surface area contributed by atoms with Crippen molar-refractivity contribution in [3.63, 3.8) is 0 Å². The number of aromatic nitrogens is 2. The molecule has 7 heteroatoms. The van der Waals surface area contributed by atoms with Gasteiger partial charge in [0.2, 0.25) is 11.9 Å². The minimum Gasteiger partial charge on any atom is -0.340 e. The maximum absolute atomic E-state index is 12.6. The monoisotopic (exact) mass is 441 g/mol. The molecular formula is C25H23N5OS. The number of hydrogen-bond donors (Lipinski definition) is 3. The summed E-state index contributed by atoms with van der Waals surface area (Å²) in [6.07, 6.45) is 3.84. The van der Waals surface area contributed by atoms with Crippen LogP contribution in [0.4, 0.5) is 28.8 Å². The molecule has 0 radical (unpaired) electrons. The second-order valence-electron chi connectivity index (χ2n) is 7.85. The quantitative estimate of drug-likeness (QED) is 0.385. The summed E-state index contributed by atoms with van der Waals surface area (Å²) in [4.78, 5) is 22.8. The highest BCUT2D eigenvalue weighted by Gasteiger charge is 2.13. The van der Waals surface area contributed by atoms with Crippen LogP contribution < -0.4 is 16.0 Å². The largest absolute Gasteiger partial charge is 0.340 e. The Balaban J connectivity index is 1.49. The van der Waals surface area contributed by atoms with Crippen LogP contribution in [0.25, 0.3) is 0 Å². The highest BCUT2D eigenvalue weighted by molar-refractivity contribution is 7.10. The Morgan fingerprint density at radius 1 is 1.06 bits per heavy atom. The molecule has 4 aromatic rings. The van der Waals surface area contributed by atoms with Gasteiger partial charge in [-0.3, -0.25) is 4.79 Å². The second kappa shape index (κ2) is 8.80. The van der Waals surface area contributed by atoms with E-state index < -0.39 is 0 Å². The summed E-state index contributed by atoms with van der Waals surface area (Å²) in [5.41, 5.74) is 5.97. The fourth-order valence-corrected chi connectivity index (χ4v) is 4.45. The zero-order valence-corrected chi connectivity index (χ0v) is 18.5. The molecule has 0 spiro atoms. The molecule has 32 heavy (non-hydrogen) atoms. The Bertz CT molecular complexity index is 1270. The van der Waals surface area contributed by atoms with Crippen molar-refractivity contribution in [2.24, 2.45) is 0 Å². The predicted octanol–water partition coefficient (Wildman–Crippen LogP) is 5.61. The van der Waals surface area contributed by atoms with Gasteiger partial charge in [0.05, 0.1) is 6.42 Å². The average Bonchev–Trinajstić information content (AvgIpc) is 3.29. The van der Waals surface area contributed by atoms with Crippen LogP contribution in [0.15, 0.2) is 66.2 Å². The topological polar surface area (TPSA) is 78.9 Å². The van der Waals surface area contributed by atoms with Gasteiger partial charge in [-0.2, -0.15) is 4.98 Å². The third kappa shape index (κ3) is 4.63. The van der Waals surface area contributed by atoms with E-state index in [1.807, 2.05) is 48.7 Å². The SMILES string of the molecule is Cc1cnc2nc1Nc1ccc(NC(=O)Cc3cccs3)c(c1)CCc1cccc(c1)N2. The third-order valence-electron chi connectivity index (χ3n) is 5.39. The summed E-state index contributed by atoms with van der Waals surface area (Å²) < 4.78 is 0. The van der Waals surface area contributed by atoms with Gasteiger partial charge in [-0.05, 0) is 72.7 Å². The molecule has 0 fully saturated rings. The summed E-state index contributed by atoms with van der Waals surface area (Å²) >= 11 is 1.60. The first-order valence-corrected chi connectivity index (χ1v) is 11.4. The van der Waals surface area contributed by atoms with Gasteiger partial charge < -0.3 is 16.0 Å². The van der Waals surface area contributed by atoms with Crippen LogP contribution in [-0.4, -0.2) is 15.9 Å². The maximum Gasteiger partial charge on any atom is 0.229 e. The lowest BCUT2D eigenvalue weighted by Gasteiger charge is -2.15. The average molecular weight is 442 g/mol. The lowest BCUT2D eigenvalue weighted by molar-refractivity contribution is -0.115. The van der Waals surface area contributed by atoms with E-state index in [1.165, 1.54) is 5.56 Å². The maximum atomic E-state index is 12.6. The van der Waals surface area contributed by atoms with E-state index in [0.717, 1.165) is 51.7 Å². The van der Waals surface area contributed by atoms with Crippen molar-refractivity contribution in [2.75, 3.05) is 16.0 Å². The van der Waals surface area contributed by atoms with E-state index in [2.05, 4.69) is 44.1 Å². The minimum atomic E-state index is -0.00481. The highest BCUT2D eigenvalue weighted by atomic mass is 32.1. The lowest BCUT2D eigenvalue weighted by atomic mass is 10.0. The summed E-state index contributed by atoms with van der Waals surface area (Å²) in [6, 6.07) is 18.3. The molecule has 1 aliphatic heterocycles. The first-order chi connectivity index (χ1) is 15.6. The molecule has 160 valence electrons. The molecule has 6 nitrogen and oxygen atoms in total. The van der Waals surface area contributed by atoms with E-state index in [0.29, 0.717) is 12.4 Å². The van der Waals surface area contributed by atoms with Crippen LogP contribution in [0.2, 0.25) is 0 Å². The number of carbonyl (C=O) groups is 1. The van der Waals surface area contributed by atoms with E-state index in [-0.39, 0.29) is 5.91 Å². The number of nitrogens with one attached hydrogen (secondary N) is 3. The number of carbonyl (C=O) groups excluding carboxylic acids is 1. The van der Waals surface area contributed by atoms with Crippen LogP contribution in [0.1, 0.15) is 21.6 Å². The van der Waals surface area contributed by atoms with Gasteiger partial charge in [0, 0.05) is 33.7 Å². The van der Waals surface area contributed by atoms with Crippen molar-refractivity contribution in [1.82, 2.24) is 9.97 Å². The summed E-state index contributed by atoms with van der Waals surface area (Å²) in [6.45, 7) is 1.98. The van der Waals surface area contributed by atoms with Gasteiger partial charge in [0.15, 0.2) is 0 Å². The number of hydrogen-bond acceptors (Lipinski definition) is 6. The molecule has 0 aliphatic carbocycles. The fourth-order valence-electron chi connectivity index (χ4n) is 3.74. The van der Waals surface area contributed by atoms with Crippen LogP contribution in [0.5, 0.6) is 0 Å². The molecule has 0 unspecified atom stereocenters. The molecule has 2 aromatic carbocycles. The second-order valence-corrected chi connectivity index (χ2v) is 8.88. The van der Waals surface area contributed by atoms with E-state index in [4.69, 9.17) is 0 Å². The fraction of sp³-hybridized carbons (Fsp3) is 0.160. The zero-order chi connectivity index (χ0) is 21.9. The first kappa shape index (κ1) is 20.2. The third-order valence-corrected chi connectivity index (χ3v) is 6.27. The normalized spacial score (nSPS) is 12.4. The standard InChI is InChI=1S/C25H23N5OS/c1-16-15-26-25-28-19-5-2-4-17(12-19)7-8-18-13-20(27-24(16)30-25)9-10-22(18)29-23(31)14-21-6-3-11-32-21/h2-6,9-13,15H,7-8,14H2,1H3,(H,29,31)(H2,26,27,28,30). The Hall–Kier alpha value is -3.71. The molecule has 1 aliphatic rings. The smallest absolute Gasteiger partial charge is 0.229 e. The van der Waals surface area contributed by atoms with E-state index in [1.54, 1.807) is 17.5 Å². The summed E-state index contributed by atoms with van der Waals surface area (Å²) in [7, 11) is 0. The molecule has 5 rings (SSSR count). The Morgan fingerprint density at radius 3 is 2.84 bits per heavy atom. The number of amides is 1. The van der Waals surface area contributed by atoms with Crippen molar-refractivity contribution in [1.29, 1.82) is 0 Å². The minimum absolute atomic E-state index is 0.00481. The lowest BCUT2D eigenvalue weighted by Crippen LogP contribution is -2.15. The van der Waals surface area contributed by atoms with Gasteiger partial charge in [0.25, 0.3) is 0 Å². The van der Waals surface area contributed by atoms with Gasteiger partial charge in [-0.25, -0.2) is 4.98 Å². The number of anilines is 5. The number of benzene rings is 2. The molecule has 3 heterocycles. The van der Waals surface area contributed by atoms with Crippen molar-refractivity contribution in [3.8, 4) is 0 Å². The highest BCUT2D eigenvalue weighted by Crippen LogP contribution is 2.28. The van der Waals surface area contributed by atoms with Crippen molar-refractivity contribution in [3.05, 3.63) is 87.7 Å². The number of aryl methyl sites for hydroxylation is 3. The Labute approximate surface area is 190 Å². The molecule has 1 amide bonds. The molecule has 0 atom stereocenters. The molecule has 2 aromatic heterocycles. The van der Waals surface area contributed by atoms with Crippen molar-refractivity contribution in [2.45, 2.75) is 26.2 Å². The number of nitrogens with zero attached hydrogens (tertiary/aromatic N) is 2. The molecular weight excluding hydrogens is 418 g/mol. The van der Waals surface area contributed by atoms with Gasteiger partial charge in [-0.15, -0.1) is 11.3 Å². The molecule has 0 saturated heterocycles. The predicted molar refractivity (Wildman–Crippen MR) is 130 cm³/mol. The van der Waals surface area contributed by atoms with E-state index in [9.17, 15) is 4.79 Å². The van der Waals surface area contributed by atoms with Crippen LogP contribution >= 0.6 is 11.3 Å². The Kier molecular flexibility index (Phi) is 5.56. The Morgan fingerprint density at radius 2 is 1.97 bits per heavy atom. The van der Waals surface area contributed by atoms with Crippen LogP contribution in [-0.2, 0) is 24.1 Å². The van der Waals surface area contributed by atoms with Crippen molar-refractivity contribution < 1.29 is 4.79 Å². The van der Waals surface area contributed by atoms with Gasteiger partial charge in [-0.1, -0.05) is 18.2 Å². The van der Waals surface area contributed by atoms with Crippen molar-refractivity contribution >= 4 is 46.1 Å². The molecule has 6 bridgehead atoms. The summed E-state index contributed by atoms with van der Waals surface area (Å²) in [5.74, 6) is 1.29. The molecule has 0 saturated carbocycles.